The molecule has 3 aromatic carbocycles. The van der Waals surface area contributed by atoms with Crippen LogP contribution in [0.5, 0.6) is 0 Å². The summed E-state index contributed by atoms with van der Waals surface area (Å²) in [5.74, 6) is -0.613. The van der Waals surface area contributed by atoms with Gasteiger partial charge in [-0.3, -0.25) is 14.5 Å². The first-order valence-corrected chi connectivity index (χ1v) is 10.0. The van der Waals surface area contributed by atoms with Crippen LogP contribution in [0.1, 0.15) is 16.7 Å². The molecule has 30 heavy (non-hydrogen) atoms. The summed E-state index contributed by atoms with van der Waals surface area (Å²) in [7, 11) is 1.81. The number of imide groups is 1. The van der Waals surface area contributed by atoms with Crippen molar-refractivity contribution in [3.8, 4) is 0 Å². The number of carbonyl (C=O) groups excluding carboxylic acids is 2. The number of hydrogen-bond donors (Lipinski definition) is 0. The topological polar surface area (TPSA) is 40.6 Å². The summed E-state index contributed by atoms with van der Waals surface area (Å²) in [5, 5.41) is 0.575. The van der Waals surface area contributed by atoms with Gasteiger partial charge in [-0.25, -0.2) is 0 Å². The Hall–Kier alpha value is -3.37. The van der Waals surface area contributed by atoms with E-state index in [0.29, 0.717) is 21.9 Å². The SMILES string of the molecule is Cc1ccc(CN2C(=O)C(c3ccc(Cl)cc3)=C(N(C)c3ccccc3)C2=O)cc1. The number of aryl methyl sites for hydroxylation is 1. The lowest BCUT2D eigenvalue weighted by atomic mass is 10.0. The van der Waals surface area contributed by atoms with Crippen LogP contribution in [0, 0.1) is 6.92 Å². The highest BCUT2D eigenvalue weighted by molar-refractivity contribution is 6.37. The summed E-state index contributed by atoms with van der Waals surface area (Å²) in [4.78, 5) is 29.9. The summed E-state index contributed by atoms with van der Waals surface area (Å²) in [5.41, 5.74) is 4.28. The van der Waals surface area contributed by atoms with E-state index in [0.717, 1.165) is 16.8 Å². The van der Waals surface area contributed by atoms with Gasteiger partial charge in [0.15, 0.2) is 0 Å². The number of hydrogen-bond acceptors (Lipinski definition) is 3. The minimum atomic E-state index is -0.308. The summed E-state index contributed by atoms with van der Waals surface area (Å²) >= 11 is 6.04. The minimum Gasteiger partial charge on any atom is -0.339 e. The lowest BCUT2D eigenvalue weighted by Crippen LogP contribution is -2.33. The number of carbonyl (C=O) groups is 2. The summed E-state index contributed by atoms with van der Waals surface area (Å²) < 4.78 is 0. The first-order chi connectivity index (χ1) is 14.5. The van der Waals surface area contributed by atoms with Crippen LogP contribution >= 0.6 is 11.6 Å². The number of likely N-dealkylation sites (N-methyl/N-ethyl adjacent to an activating group) is 1. The number of nitrogens with zero attached hydrogens (tertiary/aromatic N) is 2. The Morgan fingerprint density at radius 3 is 2.10 bits per heavy atom. The van der Waals surface area contributed by atoms with E-state index < -0.39 is 0 Å². The van der Waals surface area contributed by atoms with Gasteiger partial charge >= 0.3 is 0 Å². The van der Waals surface area contributed by atoms with Gasteiger partial charge in [0.25, 0.3) is 11.8 Å². The molecule has 1 heterocycles. The molecule has 1 aliphatic rings. The number of amides is 2. The van der Waals surface area contributed by atoms with Crippen LogP contribution in [0.4, 0.5) is 5.69 Å². The predicted molar refractivity (Wildman–Crippen MR) is 120 cm³/mol. The van der Waals surface area contributed by atoms with Gasteiger partial charge in [0, 0.05) is 17.8 Å². The molecule has 0 saturated carbocycles. The average molecular weight is 417 g/mol. The van der Waals surface area contributed by atoms with E-state index in [1.54, 1.807) is 36.2 Å². The van der Waals surface area contributed by atoms with E-state index in [-0.39, 0.29) is 18.4 Å². The molecule has 0 saturated heterocycles. The Labute approximate surface area is 181 Å². The van der Waals surface area contributed by atoms with E-state index in [2.05, 4.69) is 0 Å². The van der Waals surface area contributed by atoms with Gasteiger partial charge < -0.3 is 4.90 Å². The molecule has 0 aliphatic carbocycles. The molecule has 4 rings (SSSR count). The fourth-order valence-corrected chi connectivity index (χ4v) is 3.68. The molecule has 0 aromatic heterocycles. The first-order valence-electron chi connectivity index (χ1n) is 9.66. The molecule has 5 heteroatoms. The Morgan fingerprint density at radius 1 is 0.833 bits per heavy atom. The Bertz CT molecular complexity index is 1120. The zero-order valence-corrected chi connectivity index (χ0v) is 17.6. The van der Waals surface area contributed by atoms with E-state index in [1.807, 2.05) is 61.5 Å². The van der Waals surface area contributed by atoms with Gasteiger partial charge in [0.1, 0.15) is 5.70 Å². The maximum absolute atomic E-state index is 13.4. The molecule has 0 radical (unpaired) electrons. The van der Waals surface area contributed by atoms with Crippen LogP contribution in [0.25, 0.3) is 5.57 Å². The van der Waals surface area contributed by atoms with Crippen molar-refractivity contribution < 1.29 is 9.59 Å². The molecule has 2 amide bonds. The van der Waals surface area contributed by atoms with Crippen LogP contribution in [-0.2, 0) is 16.1 Å². The van der Waals surface area contributed by atoms with Gasteiger partial charge in [-0.15, -0.1) is 0 Å². The molecule has 4 nitrogen and oxygen atoms in total. The molecular formula is C25H21ClN2O2. The smallest absolute Gasteiger partial charge is 0.278 e. The van der Waals surface area contributed by atoms with E-state index >= 15 is 0 Å². The zero-order valence-electron chi connectivity index (χ0n) is 16.8. The second-order valence-electron chi connectivity index (χ2n) is 7.31. The fourth-order valence-electron chi connectivity index (χ4n) is 3.55. The van der Waals surface area contributed by atoms with Gasteiger partial charge in [0.2, 0.25) is 0 Å². The van der Waals surface area contributed by atoms with Crippen molar-refractivity contribution in [2.24, 2.45) is 0 Å². The van der Waals surface area contributed by atoms with Crippen molar-refractivity contribution in [2.45, 2.75) is 13.5 Å². The Balaban J connectivity index is 1.78. The summed E-state index contributed by atoms with van der Waals surface area (Å²) in [6, 6.07) is 24.4. The fraction of sp³-hybridized carbons (Fsp3) is 0.120. The quantitative estimate of drug-likeness (QED) is 0.545. The van der Waals surface area contributed by atoms with Crippen LogP contribution in [0.3, 0.4) is 0 Å². The predicted octanol–water partition coefficient (Wildman–Crippen LogP) is 5.06. The Morgan fingerprint density at radius 2 is 1.47 bits per heavy atom. The van der Waals surface area contributed by atoms with Crippen molar-refractivity contribution in [3.63, 3.8) is 0 Å². The van der Waals surface area contributed by atoms with Gasteiger partial charge in [0.05, 0.1) is 12.1 Å². The summed E-state index contributed by atoms with van der Waals surface area (Å²) in [6.45, 7) is 2.23. The number of benzene rings is 3. The highest BCUT2D eigenvalue weighted by Gasteiger charge is 2.41. The lowest BCUT2D eigenvalue weighted by Gasteiger charge is -2.21. The van der Waals surface area contributed by atoms with Gasteiger partial charge in [-0.05, 0) is 42.3 Å². The molecule has 0 fully saturated rings. The highest BCUT2D eigenvalue weighted by Crippen LogP contribution is 2.34. The number of rotatable bonds is 5. The second-order valence-corrected chi connectivity index (χ2v) is 7.74. The third kappa shape index (κ3) is 3.74. The minimum absolute atomic E-state index is 0.223. The van der Waals surface area contributed by atoms with Crippen molar-refractivity contribution in [1.82, 2.24) is 4.90 Å². The van der Waals surface area contributed by atoms with Crippen molar-refractivity contribution >= 4 is 34.7 Å². The molecule has 1 aliphatic heterocycles. The largest absolute Gasteiger partial charge is 0.339 e. The van der Waals surface area contributed by atoms with Crippen molar-refractivity contribution in [1.29, 1.82) is 0 Å². The van der Waals surface area contributed by atoms with Gasteiger partial charge in [-0.1, -0.05) is 71.8 Å². The second kappa shape index (κ2) is 8.17. The summed E-state index contributed by atoms with van der Waals surface area (Å²) in [6.07, 6.45) is 0. The molecule has 0 spiro atoms. The zero-order chi connectivity index (χ0) is 21.3. The van der Waals surface area contributed by atoms with Crippen molar-refractivity contribution in [3.05, 3.63) is 106 Å². The third-order valence-electron chi connectivity index (χ3n) is 5.22. The number of anilines is 1. The highest BCUT2D eigenvalue weighted by atomic mass is 35.5. The standard InChI is InChI=1S/C25H21ClN2O2/c1-17-8-10-18(11-9-17)16-28-24(29)22(19-12-14-20(26)15-13-19)23(25(28)30)27(2)21-6-4-3-5-7-21/h3-15H,16H2,1-2H3. The molecule has 150 valence electrons. The number of halogens is 1. The number of para-hydroxylation sites is 1. The van der Waals surface area contributed by atoms with Crippen LogP contribution in [-0.4, -0.2) is 23.8 Å². The third-order valence-corrected chi connectivity index (χ3v) is 5.47. The Kier molecular flexibility index (Phi) is 5.42. The molecule has 0 unspecified atom stereocenters. The molecule has 0 N–H and O–H groups in total. The normalized spacial score (nSPS) is 13.9. The lowest BCUT2D eigenvalue weighted by molar-refractivity contribution is -0.137. The molecule has 0 bridgehead atoms. The van der Waals surface area contributed by atoms with Gasteiger partial charge in [-0.2, -0.15) is 0 Å². The first kappa shape index (κ1) is 19.9. The van der Waals surface area contributed by atoms with E-state index in [1.165, 1.54) is 4.90 Å². The monoisotopic (exact) mass is 416 g/mol. The van der Waals surface area contributed by atoms with E-state index in [4.69, 9.17) is 11.6 Å². The van der Waals surface area contributed by atoms with Crippen molar-refractivity contribution in [2.75, 3.05) is 11.9 Å². The van der Waals surface area contributed by atoms with Crippen LogP contribution in [0.2, 0.25) is 5.02 Å². The van der Waals surface area contributed by atoms with E-state index in [9.17, 15) is 9.59 Å². The van der Waals surface area contributed by atoms with Crippen LogP contribution in [0.15, 0.2) is 84.6 Å². The molecule has 3 aromatic rings. The average Bonchev–Trinajstić information content (AvgIpc) is 3.00. The van der Waals surface area contributed by atoms with Crippen LogP contribution < -0.4 is 4.90 Å². The molecule has 0 atom stereocenters. The maximum atomic E-state index is 13.4. The maximum Gasteiger partial charge on any atom is 0.278 e. The molecular weight excluding hydrogens is 396 g/mol.